The molecular weight excluding hydrogens is 536 g/mol. The lowest BCUT2D eigenvalue weighted by molar-refractivity contribution is 0.0599. The van der Waals surface area contributed by atoms with Crippen LogP contribution in [0, 0.1) is 13.8 Å². The van der Waals surface area contributed by atoms with Crippen LogP contribution in [0.2, 0.25) is 5.02 Å². The van der Waals surface area contributed by atoms with E-state index in [1.165, 1.54) is 11.4 Å². The largest absolute Gasteiger partial charge is 0.465 e. The summed E-state index contributed by atoms with van der Waals surface area (Å²) < 4.78 is 34.0. The molecule has 7 nitrogen and oxygen atoms in total. The SMILES string of the molecule is COC(=O)c1cccc(NC(=O)c2ccccc2N(Cc2ccc(Cl)cc2)S(=O)(=O)c2ccc(C)cc2)c1C. The molecule has 4 aromatic carbocycles. The Labute approximate surface area is 233 Å². The minimum atomic E-state index is -4.08. The number of nitrogens with one attached hydrogen (secondary N) is 1. The van der Waals surface area contributed by atoms with E-state index in [-0.39, 0.29) is 22.7 Å². The van der Waals surface area contributed by atoms with E-state index in [1.54, 1.807) is 97.9 Å². The molecule has 0 aliphatic rings. The zero-order valence-corrected chi connectivity index (χ0v) is 23.2. The Kier molecular flexibility index (Phi) is 8.38. The molecule has 0 unspecified atom stereocenters. The van der Waals surface area contributed by atoms with E-state index in [1.807, 2.05) is 6.92 Å². The first-order chi connectivity index (χ1) is 18.6. The fourth-order valence-electron chi connectivity index (χ4n) is 4.07. The molecule has 0 bridgehead atoms. The van der Waals surface area contributed by atoms with Crippen molar-refractivity contribution in [1.29, 1.82) is 0 Å². The third-order valence-corrected chi connectivity index (χ3v) is 8.28. The first kappa shape index (κ1) is 27.9. The minimum absolute atomic E-state index is 0.0332. The number of nitrogens with zero attached hydrogens (tertiary/aromatic N) is 1. The first-order valence-electron chi connectivity index (χ1n) is 12.0. The number of amides is 1. The number of carbonyl (C=O) groups is 2. The van der Waals surface area contributed by atoms with Crippen molar-refractivity contribution in [2.45, 2.75) is 25.3 Å². The van der Waals surface area contributed by atoms with Gasteiger partial charge in [0.05, 0.1) is 35.4 Å². The third kappa shape index (κ3) is 6.13. The Morgan fingerprint density at radius 3 is 2.15 bits per heavy atom. The second-order valence-corrected chi connectivity index (χ2v) is 11.2. The van der Waals surface area contributed by atoms with Gasteiger partial charge in [0.15, 0.2) is 0 Å². The third-order valence-electron chi connectivity index (χ3n) is 6.25. The monoisotopic (exact) mass is 562 g/mol. The van der Waals surface area contributed by atoms with Gasteiger partial charge in [-0.3, -0.25) is 9.10 Å². The van der Waals surface area contributed by atoms with E-state index in [0.29, 0.717) is 27.4 Å². The average molecular weight is 563 g/mol. The summed E-state index contributed by atoms with van der Waals surface area (Å²) in [5.41, 5.74) is 3.20. The molecule has 0 aromatic heterocycles. The zero-order chi connectivity index (χ0) is 28.2. The van der Waals surface area contributed by atoms with Crippen LogP contribution in [0.15, 0.2) is 95.9 Å². The first-order valence-corrected chi connectivity index (χ1v) is 13.9. The van der Waals surface area contributed by atoms with Crippen LogP contribution >= 0.6 is 11.6 Å². The van der Waals surface area contributed by atoms with Crippen LogP contribution < -0.4 is 9.62 Å². The molecule has 0 aliphatic carbocycles. The predicted molar refractivity (Wildman–Crippen MR) is 153 cm³/mol. The van der Waals surface area contributed by atoms with Crippen LogP contribution in [-0.4, -0.2) is 27.4 Å². The highest BCUT2D eigenvalue weighted by atomic mass is 35.5. The highest BCUT2D eigenvalue weighted by molar-refractivity contribution is 7.92. The molecule has 4 aromatic rings. The Morgan fingerprint density at radius 1 is 0.846 bits per heavy atom. The maximum Gasteiger partial charge on any atom is 0.338 e. The van der Waals surface area contributed by atoms with Gasteiger partial charge in [0, 0.05) is 10.7 Å². The summed E-state index contributed by atoms with van der Waals surface area (Å²) in [7, 11) is -2.79. The lowest BCUT2D eigenvalue weighted by atomic mass is 10.1. The van der Waals surface area contributed by atoms with Crippen LogP contribution in [0.4, 0.5) is 11.4 Å². The van der Waals surface area contributed by atoms with Crippen molar-refractivity contribution < 1.29 is 22.7 Å². The number of ether oxygens (including phenoxy) is 1. The van der Waals surface area contributed by atoms with Crippen molar-refractivity contribution >= 4 is 44.9 Å². The summed E-state index contributed by atoms with van der Waals surface area (Å²) in [6.07, 6.45) is 0. The number of anilines is 2. The van der Waals surface area contributed by atoms with Gasteiger partial charge in [0.2, 0.25) is 0 Å². The van der Waals surface area contributed by atoms with Crippen molar-refractivity contribution in [1.82, 2.24) is 0 Å². The number of carbonyl (C=O) groups excluding carboxylic acids is 2. The van der Waals surface area contributed by atoms with Crippen LogP contribution in [0.25, 0.3) is 0 Å². The van der Waals surface area contributed by atoms with Crippen molar-refractivity contribution in [3.63, 3.8) is 0 Å². The smallest absolute Gasteiger partial charge is 0.338 e. The summed E-state index contributed by atoms with van der Waals surface area (Å²) in [4.78, 5) is 25.8. The van der Waals surface area contributed by atoms with E-state index in [2.05, 4.69) is 5.32 Å². The summed E-state index contributed by atoms with van der Waals surface area (Å²) in [6.45, 7) is 3.54. The number of para-hydroxylation sites is 1. The molecule has 0 spiro atoms. The second-order valence-electron chi connectivity index (χ2n) is 8.89. The van der Waals surface area contributed by atoms with Gasteiger partial charge in [-0.2, -0.15) is 0 Å². The quantitative estimate of drug-likeness (QED) is 0.251. The van der Waals surface area contributed by atoms with Gasteiger partial charge in [-0.1, -0.05) is 59.6 Å². The van der Waals surface area contributed by atoms with Crippen molar-refractivity contribution in [2.75, 3.05) is 16.7 Å². The van der Waals surface area contributed by atoms with E-state index < -0.39 is 21.9 Å². The molecule has 39 heavy (non-hydrogen) atoms. The van der Waals surface area contributed by atoms with E-state index in [9.17, 15) is 18.0 Å². The fraction of sp³-hybridized carbons (Fsp3) is 0.133. The standard InChI is InChI=1S/C30H27ClN2O5S/c1-20-11-17-24(18-12-20)39(36,37)33(19-22-13-15-23(31)16-14-22)28-10-5-4-7-26(28)29(34)32-27-9-6-8-25(21(27)2)30(35)38-3/h4-18H,19H2,1-3H3,(H,32,34). The summed E-state index contributed by atoms with van der Waals surface area (Å²) in [5.74, 6) is -1.06. The summed E-state index contributed by atoms with van der Waals surface area (Å²) in [5, 5.41) is 3.35. The molecule has 1 N–H and O–H groups in total. The summed E-state index contributed by atoms with van der Waals surface area (Å²) >= 11 is 6.05. The maximum atomic E-state index is 14.0. The number of esters is 1. The lowest BCUT2D eigenvalue weighted by Gasteiger charge is -2.27. The van der Waals surface area contributed by atoms with Crippen LogP contribution in [0.5, 0.6) is 0 Å². The molecule has 9 heteroatoms. The van der Waals surface area contributed by atoms with Gasteiger partial charge in [-0.25, -0.2) is 13.2 Å². The van der Waals surface area contributed by atoms with Gasteiger partial charge < -0.3 is 10.1 Å². The van der Waals surface area contributed by atoms with E-state index in [4.69, 9.17) is 16.3 Å². The molecule has 4 rings (SSSR count). The van der Waals surface area contributed by atoms with Gasteiger partial charge in [0.1, 0.15) is 0 Å². The molecule has 0 fully saturated rings. The van der Waals surface area contributed by atoms with E-state index >= 15 is 0 Å². The minimum Gasteiger partial charge on any atom is -0.465 e. The Hall–Kier alpha value is -4.14. The maximum absolute atomic E-state index is 14.0. The summed E-state index contributed by atoms with van der Waals surface area (Å²) in [6, 6.07) is 24.8. The van der Waals surface area contributed by atoms with Crippen molar-refractivity contribution in [2.24, 2.45) is 0 Å². The Balaban J connectivity index is 1.79. The van der Waals surface area contributed by atoms with Crippen molar-refractivity contribution in [3.05, 3.63) is 124 Å². The average Bonchev–Trinajstić information content (AvgIpc) is 2.93. The highest BCUT2D eigenvalue weighted by Crippen LogP contribution is 2.31. The number of halogens is 1. The second kappa shape index (κ2) is 11.7. The molecule has 200 valence electrons. The van der Waals surface area contributed by atoms with Gasteiger partial charge >= 0.3 is 5.97 Å². The highest BCUT2D eigenvalue weighted by Gasteiger charge is 2.29. The number of hydrogen-bond acceptors (Lipinski definition) is 5. The molecule has 1 amide bonds. The number of rotatable bonds is 8. The predicted octanol–water partition coefficient (Wildman–Crippen LogP) is 6.39. The topological polar surface area (TPSA) is 92.8 Å². The molecular formula is C30H27ClN2O5S. The molecule has 0 saturated carbocycles. The van der Waals surface area contributed by atoms with Crippen LogP contribution in [0.1, 0.15) is 37.4 Å². The fourth-order valence-corrected chi connectivity index (χ4v) is 5.67. The normalized spacial score (nSPS) is 11.1. The number of hydrogen-bond donors (Lipinski definition) is 1. The molecule has 0 saturated heterocycles. The Morgan fingerprint density at radius 2 is 1.49 bits per heavy atom. The van der Waals surface area contributed by atoms with Gasteiger partial charge in [-0.05, 0) is 73.5 Å². The number of methoxy groups -OCH3 is 1. The van der Waals surface area contributed by atoms with E-state index in [0.717, 1.165) is 5.56 Å². The number of sulfonamides is 1. The zero-order valence-electron chi connectivity index (χ0n) is 21.6. The number of benzene rings is 4. The Bertz CT molecular complexity index is 1620. The van der Waals surface area contributed by atoms with Crippen molar-refractivity contribution in [3.8, 4) is 0 Å². The van der Waals surface area contributed by atoms with Crippen LogP contribution in [-0.2, 0) is 21.3 Å². The molecule has 0 heterocycles. The molecule has 0 radical (unpaired) electrons. The molecule has 0 atom stereocenters. The van der Waals surface area contributed by atoms with Crippen LogP contribution in [0.3, 0.4) is 0 Å². The number of aryl methyl sites for hydroxylation is 1. The van der Waals surface area contributed by atoms with Gasteiger partial charge in [0.25, 0.3) is 15.9 Å². The lowest BCUT2D eigenvalue weighted by Crippen LogP contribution is -2.32. The molecule has 0 aliphatic heterocycles. The van der Waals surface area contributed by atoms with Gasteiger partial charge in [-0.15, -0.1) is 0 Å².